The van der Waals surface area contributed by atoms with Gasteiger partial charge in [0.1, 0.15) is 5.82 Å². The summed E-state index contributed by atoms with van der Waals surface area (Å²) in [5.41, 5.74) is 8.86. The number of nitrogen functional groups attached to an aromatic ring is 1. The van der Waals surface area contributed by atoms with E-state index in [4.69, 9.17) is 22.1 Å². The van der Waals surface area contributed by atoms with Crippen molar-refractivity contribution in [3.05, 3.63) is 64.8 Å². The highest BCUT2D eigenvalue weighted by atomic mass is 35.5. The van der Waals surface area contributed by atoms with Crippen LogP contribution in [0.3, 0.4) is 0 Å². The van der Waals surface area contributed by atoms with Crippen molar-refractivity contribution < 1.29 is 14.3 Å². The summed E-state index contributed by atoms with van der Waals surface area (Å²) in [4.78, 5) is 33.7. The lowest BCUT2D eigenvalue weighted by Gasteiger charge is -2.38. The molecule has 2 fully saturated rings. The molecule has 2 aliphatic heterocycles. The summed E-state index contributed by atoms with van der Waals surface area (Å²) in [7, 11) is 1.39. The van der Waals surface area contributed by atoms with Crippen molar-refractivity contribution in [1.82, 2.24) is 14.8 Å². The maximum Gasteiger partial charge on any atom is 0.330 e. The van der Waals surface area contributed by atoms with Crippen LogP contribution in [0.5, 0.6) is 0 Å². The van der Waals surface area contributed by atoms with Gasteiger partial charge in [0.25, 0.3) is 0 Å². The van der Waals surface area contributed by atoms with E-state index in [1.165, 1.54) is 7.11 Å². The van der Waals surface area contributed by atoms with Gasteiger partial charge in [0.2, 0.25) is 5.91 Å². The molecule has 0 saturated carbocycles. The molecule has 4 rings (SSSR count). The molecule has 1 aromatic carbocycles. The number of halogens is 1. The van der Waals surface area contributed by atoms with E-state index in [-0.39, 0.29) is 23.7 Å². The normalized spacial score (nSPS) is 18.5. The van der Waals surface area contributed by atoms with Gasteiger partial charge in [0.15, 0.2) is 0 Å². The Morgan fingerprint density at radius 3 is 2.34 bits per heavy atom. The number of nitrogens with zero attached hydrogens (tertiary/aromatic N) is 3. The van der Waals surface area contributed by atoms with Crippen molar-refractivity contribution in [3.8, 4) is 0 Å². The fourth-order valence-electron chi connectivity index (χ4n) is 5.12. The number of amides is 1. The molecule has 0 spiro atoms. The smallest absolute Gasteiger partial charge is 0.330 e. The molecule has 0 aliphatic carbocycles. The number of ether oxygens (including phenoxy) is 1. The number of carbonyl (C=O) groups excluding carboxylic acids is 2. The Balaban J connectivity index is 1.31. The second-order valence-corrected chi connectivity index (χ2v) is 9.81. The van der Waals surface area contributed by atoms with Crippen molar-refractivity contribution in [3.63, 3.8) is 0 Å². The SMILES string of the molecule is COC(=O)/C=C(\c1ccc(Cl)cc1)C1CCN(C(=O)C2CCN(Cc3ccnc(N)c3)CC2)CC1. The van der Waals surface area contributed by atoms with Gasteiger partial charge in [-0.1, -0.05) is 23.7 Å². The van der Waals surface area contributed by atoms with Crippen LogP contribution in [0, 0.1) is 11.8 Å². The van der Waals surface area contributed by atoms with Crippen LogP contribution < -0.4 is 5.73 Å². The van der Waals surface area contributed by atoms with E-state index in [0.717, 1.165) is 62.0 Å². The average molecular weight is 497 g/mol. The Hall–Kier alpha value is -2.90. The van der Waals surface area contributed by atoms with E-state index < -0.39 is 0 Å². The van der Waals surface area contributed by atoms with Crippen LogP contribution >= 0.6 is 11.6 Å². The van der Waals surface area contributed by atoms with Gasteiger partial charge in [-0.2, -0.15) is 0 Å². The summed E-state index contributed by atoms with van der Waals surface area (Å²) in [6, 6.07) is 11.4. The molecule has 186 valence electrons. The average Bonchev–Trinajstić information content (AvgIpc) is 2.88. The van der Waals surface area contributed by atoms with Crippen molar-refractivity contribution >= 4 is 34.9 Å². The van der Waals surface area contributed by atoms with Gasteiger partial charge in [-0.3, -0.25) is 9.69 Å². The molecular weight excluding hydrogens is 464 g/mol. The maximum atomic E-state index is 13.3. The Morgan fingerprint density at radius 1 is 1.06 bits per heavy atom. The van der Waals surface area contributed by atoms with Crippen LogP contribution in [0.2, 0.25) is 5.02 Å². The minimum Gasteiger partial charge on any atom is -0.466 e. The summed E-state index contributed by atoms with van der Waals surface area (Å²) in [6.45, 7) is 4.03. The van der Waals surface area contributed by atoms with Crippen LogP contribution in [0.15, 0.2) is 48.7 Å². The molecule has 2 aliphatic rings. The number of nitrogens with two attached hydrogens (primary N) is 1. The number of allylic oxidation sites excluding steroid dienone is 1. The monoisotopic (exact) mass is 496 g/mol. The number of hydrogen-bond donors (Lipinski definition) is 1. The molecule has 35 heavy (non-hydrogen) atoms. The van der Waals surface area contributed by atoms with Crippen LogP contribution in [0.25, 0.3) is 5.57 Å². The number of aromatic nitrogens is 1. The van der Waals surface area contributed by atoms with Gasteiger partial charge >= 0.3 is 5.97 Å². The number of rotatable bonds is 6. The Morgan fingerprint density at radius 2 is 1.71 bits per heavy atom. The lowest BCUT2D eigenvalue weighted by Crippen LogP contribution is -2.45. The third-order valence-corrected chi connectivity index (χ3v) is 7.34. The third kappa shape index (κ3) is 6.61. The van der Waals surface area contributed by atoms with E-state index in [1.807, 2.05) is 41.3 Å². The lowest BCUT2D eigenvalue weighted by molar-refractivity contribution is -0.138. The first-order valence-electron chi connectivity index (χ1n) is 12.2. The highest BCUT2D eigenvalue weighted by Gasteiger charge is 2.32. The third-order valence-electron chi connectivity index (χ3n) is 7.09. The Bertz CT molecular complexity index is 1060. The van der Waals surface area contributed by atoms with Gasteiger partial charge in [0.05, 0.1) is 7.11 Å². The van der Waals surface area contributed by atoms with Crippen LogP contribution in [0.1, 0.15) is 36.8 Å². The Kier molecular flexibility index (Phi) is 8.42. The highest BCUT2D eigenvalue weighted by molar-refractivity contribution is 6.30. The topological polar surface area (TPSA) is 88.8 Å². The standard InChI is InChI=1S/C27H33ClN4O3/c1-35-26(33)17-24(20-2-4-23(28)5-3-20)21-9-14-32(15-10-21)27(34)22-7-12-31(13-8-22)18-19-6-11-30-25(29)16-19/h2-6,11,16-17,21-22H,7-10,12-15,18H2,1H3,(H2,29,30)/b24-17+. The molecule has 0 unspecified atom stereocenters. The predicted octanol–water partition coefficient (Wildman–Crippen LogP) is 4.02. The van der Waals surface area contributed by atoms with E-state index >= 15 is 0 Å². The summed E-state index contributed by atoms with van der Waals surface area (Å²) in [5.74, 6) is 0.702. The molecule has 1 amide bonds. The van der Waals surface area contributed by atoms with Crippen LogP contribution in [-0.4, -0.2) is 59.9 Å². The van der Waals surface area contributed by atoms with Gasteiger partial charge in [-0.15, -0.1) is 0 Å². The lowest BCUT2D eigenvalue weighted by atomic mass is 9.84. The first-order chi connectivity index (χ1) is 16.9. The molecule has 0 radical (unpaired) electrons. The number of pyridine rings is 1. The number of likely N-dealkylation sites (tertiary alicyclic amines) is 2. The molecule has 7 nitrogen and oxygen atoms in total. The molecule has 2 saturated heterocycles. The molecule has 0 bridgehead atoms. The fraction of sp³-hybridized carbons (Fsp3) is 0.444. The predicted molar refractivity (Wildman–Crippen MR) is 137 cm³/mol. The number of methoxy groups -OCH3 is 1. The minimum absolute atomic E-state index is 0.0756. The van der Waals surface area contributed by atoms with E-state index in [0.29, 0.717) is 23.9 Å². The van der Waals surface area contributed by atoms with Gasteiger partial charge in [0, 0.05) is 42.8 Å². The van der Waals surface area contributed by atoms with E-state index in [2.05, 4.69) is 9.88 Å². The maximum absolute atomic E-state index is 13.3. The first kappa shape index (κ1) is 25.2. The molecule has 1 aromatic heterocycles. The van der Waals surface area contributed by atoms with Crippen molar-refractivity contribution in [2.45, 2.75) is 32.2 Å². The molecule has 8 heteroatoms. The molecule has 2 aromatic rings. The zero-order valence-electron chi connectivity index (χ0n) is 20.2. The summed E-state index contributed by atoms with van der Waals surface area (Å²) < 4.78 is 4.89. The quantitative estimate of drug-likeness (QED) is 0.480. The largest absolute Gasteiger partial charge is 0.466 e. The molecule has 0 atom stereocenters. The number of piperidine rings is 2. The summed E-state index contributed by atoms with van der Waals surface area (Å²) in [6.07, 6.45) is 6.70. The fourth-order valence-corrected chi connectivity index (χ4v) is 5.25. The highest BCUT2D eigenvalue weighted by Crippen LogP contribution is 2.34. The van der Waals surface area contributed by atoms with Gasteiger partial charge in [-0.05, 0) is 85.7 Å². The zero-order chi connectivity index (χ0) is 24.8. The Labute approximate surface area is 211 Å². The second kappa shape index (κ2) is 11.7. The van der Waals surface area contributed by atoms with E-state index in [9.17, 15) is 9.59 Å². The molecular formula is C27H33ClN4O3. The van der Waals surface area contributed by atoms with Gasteiger partial charge < -0.3 is 15.4 Å². The van der Waals surface area contributed by atoms with Crippen LogP contribution in [-0.2, 0) is 20.9 Å². The number of carbonyl (C=O) groups is 2. The number of esters is 1. The molecule has 2 N–H and O–H groups in total. The van der Waals surface area contributed by atoms with Crippen molar-refractivity contribution in [2.75, 3.05) is 39.0 Å². The van der Waals surface area contributed by atoms with Crippen molar-refractivity contribution in [2.24, 2.45) is 11.8 Å². The van der Waals surface area contributed by atoms with Gasteiger partial charge in [-0.25, -0.2) is 9.78 Å². The number of hydrogen-bond acceptors (Lipinski definition) is 6. The first-order valence-corrected chi connectivity index (χ1v) is 12.6. The van der Waals surface area contributed by atoms with Crippen molar-refractivity contribution in [1.29, 1.82) is 0 Å². The summed E-state index contributed by atoms with van der Waals surface area (Å²) >= 11 is 6.05. The zero-order valence-corrected chi connectivity index (χ0v) is 20.9. The minimum atomic E-state index is -0.366. The number of anilines is 1. The van der Waals surface area contributed by atoms with E-state index in [1.54, 1.807) is 12.3 Å². The number of benzene rings is 1. The van der Waals surface area contributed by atoms with Crippen LogP contribution in [0.4, 0.5) is 5.82 Å². The molecule has 3 heterocycles. The second-order valence-electron chi connectivity index (χ2n) is 9.37. The summed E-state index contributed by atoms with van der Waals surface area (Å²) in [5, 5.41) is 0.655.